The van der Waals surface area contributed by atoms with Crippen molar-refractivity contribution >= 4 is 11.3 Å². The number of hydrogen-bond donors (Lipinski definition) is 1. The summed E-state index contributed by atoms with van der Waals surface area (Å²) < 4.78 is 11.1. The first-order valence-electron chi connectivity index (χ1n) is 8.07. The molecule has 0 bridgehead atoms. The van der Waals surface area contributed by atoms with Crippen LogP contribution < -0.4 is 14.8 Å². The number of hydrogen-bond acceptors (Lipinski definition) is 6. The fourth-order valence-corrected chi connectivity index (χ4v) is 2.95. The molecule has 0 aliphatic heterocycles. The number of unbranched alkanes of at least 4 members (excludes halogenated alkanes) is 1. The van der Waals surface area contributed by atoms with Crippen molar-refractivity contribution in [1.82, 2.24) is 10.3 Å². The third kappa shape index (κ3) is 5.52. The van der Waals surface area contributed by atoms with Crippen LogP contribution in [0.2, 0.25) is 0 Å². The standard InChI is InChI=1S/C18H23N3O2S/c1-3-18-21-15(13-24-18)12-20-11-14-6-7-16(22-2)17(10-14)23-9-5-4-8-19/h6-7,10,13,20H,3-5,9,11-12H2,1-2H3. The first kappa shape index (κ1) is 18.2. The van der Waals surface area contributed by atoms with Gasteiger partial charge < -0.3 is 14.8 Å². The van der Waals surface area contributed by atoms with Crippen LogP contribution >= 0.6 is 11.3 Å². The molecule has 0 spiro atoms. The maximum absolute atomic E-state index is 8.57. The third-order valence-corrected chi connectivity index (χ3v) is 4.50. The minimum atomic E-state index is 0.497. The van der Waals surface area contributed by atoms with E-state index >= 15 is 0 Å². The van der Waals surface area contributed by atoms with Crippen molar-refractivity contribution in [1.29, 1.82) is 5.26 Å². The lowest BCUT2D eigenvalue weighted by atomic mass is 10.2. The molecule has 2 aromatic rings. The van der Waals surface area contributed by atoms with E-state index in [4.69, 9.17) is 14.7 Å². The lowest BCUT2D eigenvalue weighted by Gasteiger charge is -2.12. The number of thiazole rings is 1. The highest BCUT2D eigenvalue weighted by molar-refractivity contribution is 7.09. The van der Waals surface area contributed by atoms with Gasteiger partial charge in [0.1, 0.15) is 0 Å². The van der Waals surface area contributed by atoms with Crippen LogP contribution in [0.5, 0.6) is 11.5 Å². The molecule has 24 heavy (non-hydrogen) atoms. The highest BCUT2D eigenvalue weighted by Gasteiger charge is 2.06. The molecule has 0 aliphatic carbocycles. The van der Waals surface area contributed by atoms with Crippen LogP contribution in [-0.2, 0) is 19.5 Å². The van der Waals surface area contributed by atoms with E-state index < -0.39 is 0 Å². The molecule has 0 unspecified atom stereocenters. The molecule has 0 radical (unpaired) electrons. The van der Waals surface area contributed by atoms with Crippen LogP contribution in [0.3, 0.4) is 0 Å². The molecule has 128 valence electrons. The SMILES string of the molecule is CCc1nc(CNCc2ccc(OC)c(OCCCC#N)c2)cs1. The highest BCUT2D eigenvalue weighted by Crippen LogP contribution is 2.28. The summed E-state index contributed by atoms with van der Waals surface area (Å²) in [5.41, 5.74) is 2.20. The molecule has 1 N–H and O–H groups in total. The summed E-state index contributed by atoms with van der Waals surface area (Å²) in [6.07, 6.45) is 2.19. The fraction of sp³-hybridized carbons (Fsp3) is 0.444. The molecule has 2 rings (SSSR count). The zero-order chi connectivity index (χ0) is 17.2. The number of aromatic nitrogens is 1. The molecule has 6 heteroatoms. The van der Waals surface area contributed by atoms with Crippen molar-refractivity contribution in [3.05, 3.63) is 39.8 Å². The molecule has 0 saturated heterocycles. The van der Waals surface area contributed by atoms with Gasteiger partial charge in [0.2, 0.25) is 0 Å². The lowest BCUT2D eigenvalue weighted by Crippen LogP contribution is -2.13. The number of nitrogens with zero attached hydrogens (tertiary/aromatic N) is 2. The van der Waals surface area contributed by atoms with Crippen LogP contribution in [0.15, 0.2) is 23.6 Å². The monoisotopic (exact) mass is 345 g/mol. The number of nitrogens with one attached hydrogen (secondary N) is 1. The van der Waals surface area contributed by atoms with E-state index in [0.29, 0.717) is 25.2 Å². The van der Waals surface area contributed by atoms with Gasteiger partial charge in [-0.15, -0.1) is 11.3 Å². The molecule has 0 saturated carbocycles. The van der Waals surface area contributed by atoms with E-state index in [2.05, 4.69) is 28.7 Å². The number of nitriles is 1. The summed E-state index contributed by atoms with van der Waals surface area (Å²) in [5, 5.41) is 15.2. The largest absolute Gasteiger partial charge is 0.493 e. The van der Waals surface area contributed by atoms with Crippen molar-refractivity contribution < 1.29 is 9.47 Å². The van der Waals surface area contributed by atoms with Gasteiger partial charge >= 0.3 is 0 Å². The number of ether oxygens (including phenoxy) is 2. The van der Waals surface area contributed by atoms with Gasteiger partial charge in [-0.25, -0.2) is 4.98 Å². The lowest BCUT2D eigenvalue weighted by molar-refractivity contribution is 0.290. The van der Waals surface area contributed by atoms with E-state index in [-0.39, 0.29) is 0 Å². The van der Waals surface area contributed by atoms with Gasteiger partial charge in [-0.2, -0.15) is 5.26 Å². The Kier molecular flexibility index (Phi) is 7.53. The summed E-state index contributed by atoms with van der Waals surface area (Å²) in [5.74, 6) is 1.43. The third-order valence-electron chi connectivity index (χ3n) is 3.46. The van der Waals surface area contributed by atoms with Crippen LogP contribution in [0.1, 0.15) is 36.0 Å². The molecule has 0 atom stereocenters. The summed E-state index contributed by atoms with van der Waals surface area (Å²) >= 11 is 1.71. The molecule has 0 aliphatic rings. The Labute approximate surface area is 147 Å². The zero-order valence-corrected chi connectivity index (χ0v) is 15.0. The maximum atomic E-state index is 8.57. The number of methoxy groups -OCH3 is 1. The Balaban J connectivity index is 1.88. The van der Waals surface area contributed by atoms with E-state index in [0.717, 1.165) is 36.5 Å². The Bertz CT molecular complexity index is 679. The highest BCUT2D eigenvalue weighted by atomic mass is 32.1. The zero-order valence-electron chi connectivity index (χ0n) is 14.2. The van der Waals surface area contributed by atoms with Crippen molar-refractivity contribution in [2.24, 2.45) is 0 Å². The van der Waals surface area contributed by atoms with Crippen molar-refractivity contribution in [3.63, 3.8) is 0 Å². The fourth-order valence-electron chi connectivity index (χ4n) is 2.20. The van der Waals surface area contributed by atoms with Gasteiger partial charge in [-0.1, -0.05) is 13.0 Å². The molecular formula is C18H23N3O2S. The van der Waals surface area contributed by atoms with E-state index in [1.54, 1.807) is 18.4 Å². The Hall–Kier alpha value is -2.10. The van der Waals surface area contributed by atoms with Crippen LogP contribution in [0.4, 0.5) is 0 Å². The van der Waals surface area contributed by atoms with E-state index in [9.17, 15) is 0 Å². The summed E-state index contributed by atoms with van der Waals surface area (Å²) in [4.78, 5) is 4.55. The van der Waals surface area contributed by atoms with Gasteiger partial charge in [-0.3, -0.25) is 0 Å². The number of benzene rings is 1. The van der Waals surface area contributed by atoms with Crippen molar-refractivity contribution in [2.45, 2.75) is 39.3 Å². The molecule has 0 fully saturated rings. The first-order valence-corrected chi connectivity index (χ1v) is 8.95. The Morgan fingerprint density at radius 3 is 2.88 bits per heavy atom. The maximum Gasteiger partial charge on any atom is 0.161 e. The van der Waals surface area contributed by atoms with Gasteiger partial charge in [0.05, 0.1) is 30.5 Å². The van der Waals surface area contributed by atoms with Gasteiger partial charge in [0.15, 0.2) is 11.5 Å². The molecule has 1 aromatic carbocycles. The van der Waals surface area contributed by atoms with Crippen molar-refractivity contribution in [2.75, 3.05) is 13.7 Å². The topological polar surface area (TPSA) is 67.2 Å². The normalized spacial score (nSPS) is 10.4. The van der Waals surface area contributed by atoms with Crippen molar-refractivity contribution in [3.8, 4) is 17.6 Å². The van der Waals surface area contributed by atoms with Crippen LogP contribution in [-0.4, -0.2) is 18.7 Å². The summed E-state index contributed by atoms with van der Waals surface area (Å²) in [7, 11) is 1.63. The summed E-state index contributed by atoms with van der Waals surface area (Å²) in [6.45, 7) is 4.11. The second-order valence-electron chi connectivity index (χ2n) is 5.29. The first-order chi connectivity index (χ1) is 11.8. The summed E-state index contributed by atoms with van der Waals surface area (Å²) in [6, 6.07) is 8.03. The molecule has 5 nitrogen and oxygen atoms in total. The van der Waals surface area contributed by atoms with Gasteiger partial charge in [0, 0.05) is 24.9 Å². The molecule has 0 amide bonds. The van der Waals surface area contributed by atoms with E-state index in [1.165, 1.54) is 5.01 Å². The molecule has 1 heterocycles. The van der Waals surface area contributed by atoms with Crippen LogP contribution in [0, 0.1) is 11.3 Å². The quantitative estimate of drug-likeness (QED) is 0.665. The number of rotatable bonds is 10. The minimum Gasteiger partial charge on any atom is -0.493 e. The van der Waals surface area contributed by atoms with Gasteiger partial charge in [0.25, 0.3) is 0 Å². The predicted molar refractivity (Wildman–Crippen MR) is 95.4 cm³/mol. The predicted octanol–water partition coefficient (Wildman–Crippen LogP) is 3.69. The van der Waals surface area contributed by atoms with E-state index in [1.807, 2.05) is 18.2 Å². The minimum absolute atomic E-state index is 0.497. The molecular weight excluding hydrogens is 322 g/mol. The van der Waals surface area contributed by atoms with Gasteiger partial charge in [-0.05, 0) is 30.5 Å². The van der Waals surface area contributed by atoms with Crippen LogP contribution in [0.25, 0.3) is 0 Å². The Morgan fingerprint density at radius 2 is 2.17 bits per heavy atom. The average molecular weight is 345 g/mol. The number of aryl methyl sites for hydroxylation is 1. The Morgan fingerprint density at radius 1 is 1.29 bits per heavy atom. The average Bonchev–Trinajstić information content (AvgIpc) is 3.07. The second kappa shape index (κ2) is 9.91. The molecule has 1 aromatic heterocycles. The smallest absolute Gasteiger partial charge is 0.161 e. The second-order valence-corrected chi connectivity index (χ2v) is 6.23.